The number of likely N-dealkylation sites (tertiary alicyclic amines) is 1. The van der Waals surface area contributed by atoms with Gasteiger partial charge in [-0.3, -0.25) is 4.79 Å². The minimum absolute atomic E-state index is 0.211. The summed E-state index contributed by atoms with van der Waals surface area (Å²) in [5, 5.41) is 2.13. The van der Waals surface area contributed by atoms with Crippen LogP contribution in [0.3, 0.4) is 0 Å². The summed E-state index contributed by atoms with van der Waals surface area (Å²) < 4.78 is 5.51. The van der Waals surface area contributed by atoms with E-state index in [1.807, 2.05) is 0 Å². The van der Waals surface area contributed by atoms with Crippen LogP contribution in [0.4, 0.5) is 0 Å². The van der Waals surface area contributed by atoms with E-state index in [-0.39, 0.29) is 5.41 Å². The molecular formula is C20H29NO2S. The SMILES string of the molecule is O=C(N1CCC(C2CCOCC2)C1)C1(c2cccs2)CCCCC1. The van der Waals surface area contributed by atoms with Gasteiger partial charge < -0.3 is 9.64 Å². The highest BCUT2D eigenvalue weighted by molar-refractivity contribution is 7.10. The molecule has 3 fully saturated rings. The van der Waals surface area contributed by atoms with Crippen LogP contribution in [0.15, 0.2) is 17.5 Å². The van der Waals surface area contributed by atoms with Crippen molar-refractivity contribution in [1.29, 1.82) is 0 Å². The predicted octanol–water partition coefficient (Wildman–Crippen LogP) is 4.23. The van der Waals surface area contributed by atoms with Gasteiger partial charge in [0.15, 0.2) is 0 Å². The summed E-state index contributed by atoms with van der Waals surface area (Å²) in [5.74, 6) is 1.89. The minimum atomic E-state index is -0.211. The van der Waals surface area contributed by atoms with Crippen molar-refractivity contribution in [3.05, 3.63) is 22.4 Å². The largest absolute Gasteiger partial charge is 0.381 e. The predicted molar refractivity (Wildman–Crippen MR) is 97.3 cm³/mol. The molecule has 1 aromatic rings. The van der Waals surface area contributed by atoms with E-state index >= 15 is 0 Å². The summed E-state index contributed by atoms with van der Waals surface area (Å²) in [7, 11) is 0. The van der Waals surface area contributed by atoms with Gasteiger partial charge in [0.2, 0.25) is 5.91 Å². The van der Waals surface area contributed by atoms with Crippen LogP contribution in [-0.2, 0) is 14.9 Å². The number of hydrogen-bond acceptors (Lipinski definition) is 3. The summed E-state index contributed by atoms with van der Waals surface area (Å²) in [6, 6.07) is 4.30. The third kappa shape index (κ3) is 3.03. The summed E-state index contributed by atoms with van der Waals surface area (Å²) in [5.41, 5.74) is -0.211. The van der Waals surface area contributed by atoms with Crippen molar-refractivity contribution in [3.63, 3.8) is 0 Å². The first-order chi connectivity index (χ1) is 11.8. The minimum Gasteiger partial charge on any atom is -0.381 e. The van der Waals surface area contributed by atoms with Gasteiger partial charge in [-0.25, -0.2) is 0 Å². The van der Waals surface area contributed by atoms with Crippen molar-refractivity contribution in [2.45, 2.75) is 56.8 Å². The van der Waals surface area contributed by atoms with Gasteiger partial charge in [0, 0.05) is 31.2 Å². The Morgan fingerprint density at radius 3 is 2.62 bits per heavy atom. The molecule has 0 radical (unpaired) electrons. The Kier molecular flexibility index (Phi) is 4.95. The second-order valence-electron chi connectivity index (χ2n) is 7.87. The number of amides is 1. The molecule has 2 saturated heterocycles. The molecule has 3 heterocycles. The van der Waals surface area contributed by atoms with Gasteiger partial charge in [-0.05, 0) is 55.4 Å². The number of thiophene rings is 1. The summed E-state index contributed by atoms with van der Waals surface area (Å²) >= 11 is 1.78. The van der Waals surface area contributed by atoms with Crippen molar-refractivity contribution in [1.82, 2.24) is 4.90 Å². The van der Waals surface area contributed by atoms with Gasteiger partial charge in [-0.15, -0.1) is 11.3 Å². The van der Waals surface area contributed by atoms with Gasteiger partial charge in [0.25, 0.3) is 0 Å². The number of carbonyl (C=O) groups excluding carboxylic acids is 1. The Hall–Kier alpha value is -0.870. The topological polar surface area (TPSA) is 29.5 Å². The first-order valence-electron chi connectivity index (χ1n) is 9.71. The monoisotopic (exact) mass is 347 g/mol. The molecule has 2 aliphatic heterocycles. The molecule has 1 aromatic heterocycles. The normalized spacial score (nSPS) is 28.2. The molecule has 0 spiro atoms. The molecule has 1 atom stereocenters. The molecule has 1 saturated carbocycles. The quantitative estimate of drug-likeness (QED) is 0.819. The Morgan fingerprint density at radius 1 is 1.12 bits per heavy atom. The average Bonchev–Trinajstić information content (AvgIpc) is 3.34. The zero-order valence-corrected chi connectivity index (χ0v) is 15.4. The standard InChI is InChI=1S/C20H29NO2S/c22-19(20(9-2-1-3-10-20)18-5-4-14-24-18)21-11-6-17(15-21)16-7-12-23-13-8-16/h4-5,14,16-17H,1-3,6-13,15H2. The molecule has 4 heteroatoms. The molecule has 1 unspecified atom stereocenters. The van der Waals surface area contributed by atoms with Crippen LogP contribution in [0, 0.1) is 11.8 Å². The Bertz CT molecular complexity index is 544. The maximum absolute atomic E-state index is 13.6. The van der Waals surface area contributed by atoms with E-state index in [0.29, 0.717) is 11.8 Å². The molecule has 1 amide bonds. The van der Waals surface area contributed by atoms with Crippen LogP contribution in [0.1, 0.15) is 56.2 Å². The maximum atomic E-state index is 13.6. The smallest absolute Gasteiger partial charge is 0.234 e. The molecule has 24 heavy (non-hydrogen) atoms. The number of carbonyl (C=O) groups is 1. The number of nitrogens with zero attached hydrogens (tertiary/aromatic N) is 1. The molecule has 1 aliphatic carbocycles. The van der Waals surface area contributed by atoms with Crippen LogP contribution in [0.2, 0.25) is 0 Å². The van der Waals surface area contributed by atoms with E-state index in [1.165, 1.54) is 43.4 Å². The molecule has 3 aliphatic rings. The summed E-state index contributed by atoms with van der Waals surface area (Å²) in [6.07, 6.45) is 9.32. The number of ether oxygens (including phenoxy) is 1. The summed E-state index contributed by atoms with van der Waals surface area (Å²) in [6.45, 7) is 3.77. The number of hydrogen-bond donors (Lipinski definition) is 0. The zero-order chi connectivity index (χ0) is 16.4. The van der Waals surface area contributed by atoms with E-state index in [2.05, 4.69) is 22.4 Å². The van der Waals surface area contributed by atoms with Gasteiger partial charge in [0.1, 0.15) is 0 Å². The fraction of sp³-hybridized carbons (Fsp3) is 0.750. The zero-order valence-electron chi connectivity index (χ0n) is 14.5. The van der Waals surface area contributed by atoms with Crippen LogP contribution in [-0.4, -0.2) is 37.1 Å². The Morgan fingerprint density at radius 2 is 1.92 bits per heavy atom. The maximum Gasteiger partial charge on any atom is 0.234 e. The molecule has 3 nitrogen and oxygen atoms in total. The van der Waals surface area contributed by atoms with Gasteiger partial charge >= 0.3 is 0 Å². The molecule has 0 N–H and O–H groups in total. The first-order valence-corrected chi connectivity index (χ1v) is 10.6. The third-order valence-corrected chi connectivity index (χ3v) is 7.63. The second-order valence-corrected chi connectivity index (χ2v) is 8.82. The lowest BCUT2D eigenvalue weighted by Gasteiger charge is -2.38. The Labute approximate surface area is 149 Å². The van der Waals surface area contributed by atoms with Crippen LogP contribution >= 0.6 is 11.3 Å². The molecular weight excluding hydrogens is 318 g/mol. The lowest BCUT2D eigenvalue weighted by atomic mass is 9.72. The first kappa shape index (κ1) is 16.6. The van der Waals surface area contributed by atoms with Crippen LogP contribution in [0.25, 0.3) is 0 Å². The summed E-state index contributed by atoms with van der Waals surface area (Å²) in [4.78, 5) is 17.1. The van der Waals surface area contributed by atoms with E-state index < -0.39 is 0 Å². The molecule has 0 bridgehead atoms. The van der Waals surface area contributed by atoms with Gasteiger partial charge in [0.05, 0.1) is 5.41 Å². The molecule has 4 rings (SSSR count). The highest BCUT2D eigenvalue weighted by Gasteiger charge is 2.46. The van der Waals surface area contributed by atoms with E-state index in [9.17, 15) is 4.79 Å². The van der Waals surface area contributed by atoms with Crippen molar-refractivity contribution in [2.75, 3.05) is 26.3 Å². The van der Waals surface area contributed by atoms with E-state index in [1.54, 1.807) is 11.3 Å². The molecule has 0 aromatic carbocycles. The lowest BCUT2D eigenvalue weighted by Crippen LogP contribution is -2.47. The van der Waals surface area contributed by atoms with Gasteiger partial charge in [-0.2, -0.15) is 0 Å². The van der Waals surface area contributed by atoms with Crippen molar-refractivity contribution < 1.29 is 9.53 Å². The average molecular weight is 348 g/mol. The van der Waals surface area contributed by atoms with E-state index in [4.69, 9.17) is 4.74 Å². The van der Waals surface area contributed by atoms with Crippen LogP contribution in [0.5, 0.6) is 0 Å². The fourth-order valence-corrected chi connectivity index (χ4v) is 6.10. The van der Waals surface area contributed by atoms with Gasteiger partial charge in [-0.1, -0.05) is 25.3 Å². The Balaban J connectivity index is 1.49. The third-order valence-electron chi connectivity index (χ3n) is 6.55. The highest BCUT2D eigenvalue weighted by Crippen LogP contribution is 2.44. The van der Waals surface area contributed by atoms with Crippen molar-refractivity contribution >= 4 is 17.2 Å². The highest BCUT2D eigenvalue weighted by atomic mass is 32.1. The number of rotatable bonds is 3. The molecule has 132 valence electrons. The lowest BCUT2D eigenvalue weighted by molar-refractivity contribution is -0.138. The van der Waals surface area contributed by atoms with Crippen LogP contribution < -0.4 is 0 Å². The van der Waals surface area contributed by atoms with Crippen molar-refractivity contribution in [3.8, 4) is 0 Å². The fourth-order valence-electron chi connectivity index (χ4n) is 5.12. The van der Waals surface area contributed by atoms with Crippen molar-refractivity contribution in [2.24, 2.45) is 11.8 Å². The second kappa shape index (κ2) is 7.17. The van der Waals surface area contributed by atoms with E-state index in [0.717, 1.165) is 45.1 Å².